The summed E-state index contributed by atoms with van der Waals surface area (Å²) in [6.07, 6.45) is 3.62. The molecule has 1 fully saturated rings. The third-order valence-corrected chi connectivity index (χ3v) is 3.99. The Kier molecular flexibility index (Phi) is 3.95. The predicted molar refractivity (Wildman–Crippen MR) is 74.8 cm³/mol. The molecule has 1 aromatic carbocycles. The zero-order chi connectivity index (χ0) is 12.4. The van der Waals surface area contributed by atoms with E-state index in [0.717, 1.165) is 17.4 Å². The zero-order valence-corrected chi connectivity index (χ0v) is 11.4. The monoisotopic (exact) mass is 252 g/mol. The van der Waals surface area contributed by atoms with E-state index in [4.69, 9.17) is 17.3 Å². The maximum Gasteiger partial charge on any atom is 0.0410 e. The standard InChI is InChI=1S/C14H21ClN2/c1-10(11-3-4-11)17(2)14-6-5-13(15)9-12(14)7-8-16/h5-6,9-11H,3-4,7-8,16H2,1-2H3. The number of anilines is 1. The van der Waals surface area contributed by atoms with E-state index in [1.165, 1.54) is 24.1 Å². The summed E-state index contributed by atoms with van der Waals surface area (Å²) >= 11 is 6.05. The molecule has 0 radical (unpaired) electrons. The van der Waals surface area contributed by atoms with Gasteiger partial charge < -0.3 is 10.6 Å². The Labute approximate surface area is 109 Å². The first-order valence-corrected chi connectivity index (χ1v) is 6.72. The van der Waals surface area contributed by atoms with E-state index in [-0.39, 0.29) is 0 Å². The zero-order valence-electron chi connectivity index (χ0n) is 10.6. The van der Waals surface area contributed by atoms with Crippen molar-refractivity contribution in [1.82, 2.24) is 0 Å². The van der Waals surface area contributed by atoms with Gasteiger partial charge in [0.25, 0.3) is 0 Å². The third-order valence-electron chi connectivity index (χ3n) is 3.75. The first-order chi connectivity index (χ1) is 8.13. The van der Waals surface area contributed by atoms with Crippen LogP contribution in [0.3, 0.4) is 0 Å². The third kappa shape index (κ3) is 2.93. The van der Waals surface area contributed by atoms with E-state index in [1.54, 1.807) is 0 Å². The highest BCUT2D eigenvalue weighted by molar-refractivity contribution is 6.30. The molecule has 0 bridgehead atoms. The van der Waals surface area contributed by atoms with Crippen molar-refractivity contribution in [2.75, 3.05) is 18.5 Å². The molecular weight excluding hydrogens is 232 g/mol. The molecule has 2 nitrogen and oxygen atoms in total. The molecule has 3 heteroatoms. The molecule has 94 valence electrons. The van der Waals surface area contributed by atoms with E-state index in [9.17, 15) is 0 Å². The maximum absolute atomic E-state index is 6.05. The van der Waals surface area contributed by atoms with E-state index >= 15 is 0 Å². The van der Waals surface area contributed by atoms with Crippen LogP contribution in [-0.4, -0.2) is 19.6 Å². The van der Waals surface area contributed by atoms with Gasteiger partial charge in [0.2, 0.25) is 0 Å². The molecular formula is C14H21ClN2. The molecule has 1 saturated carbocycles. The molecule has 1 aliphatic rings. The number of hydrogen-bond donors (Lipinski definition) is 1. The second kappa shape index (κ2) is 5.28. The first-order valence-electron chi connectivity index (χ1n) is 6.35. The number of benzene rings is 1. The Balaban J connectivity index is 2.22. The lowest BCUT2D eigenvalue weighted by Gasteiger charge is -2.29. The van der Waals surface area contributed by atoms with Gasteiger partial charge in [-0.05, 0) is 62.4 Å². The van der Waals surface area contributed by atoms with Gasteiger partial charge >= 0.3 is 0 Å². The van der Waals surface area contributed by atoms with Crippen molar-refractivity contribution in [2.24, 2.45) is 11.7 Å². The van der Waals surface area contributed by atoms with Gasteiger partial charge in [0, 0.05) is 23.8 Å². The lowest BCUT2D eigenvalue weighted by molar-refractivity contribution is 0.607. The molecule has 17 heavy (non-hydrogen) atoms. The molecule has 1 atom stereocenters. The van der Waals surface area contributed by atoms with E-state index in [0.29, 0.717) is 12.6 Å². The highest BCUT2D eigenvalue weighted by Crippen LogP contribution is 2.37. The maximum atomic E-state index is 6.05. The van der Waals surface area contributed by atoms with Crippen LogP contribution >= 0.6 is 11.6 Å². The average Bonchev–Trinajstić information content (AvgIpc) is 3.12. The largest absolute Gasteiger partial charge is 0.371 e. The Morgan fingerprint density at radius 2 is 2.18 bits per heavy atom. The minimum atomic E-state index is 0.604. The summed E-state index contributed by atoms with van der Waals surface area (Å²) < 4.78 is 0. The molecule has 1 aromatic rings. The van der Waals surface area contributed by atoms with Gasteiger partial charge in [0.1, 0.15) is 0 Å². The summed E-state index contributed by atoms with van der Waals surface area (Å²) in [7, 11) is 2.17. The fourth-order valence-electron chi connectivity index (χ4n) is 2.37. The fourth-order valence-corrected chi connectivity index (χ4v) is 2.56. The molecule has 0 spiro atoms. The fraction of sp³-hybridized carbons (Fsp3) is 0.571. The van der Waals surface area contributed by atoms with Crippen LogP contribution in [0.4, 0.5) is 5.69 Å². The summed E-state index contributed by atoms with van der Waals surface area (Å²) in [5.41, 5.74) is 8.20. The van der Waals surface area contributed by atoms with Gasteiger partial charge in [-0.25, -0.2) is 0 Å². The Hall–Kier alpha value is -0.730. The van der Waals surface area contributed by atoms with Crippen molar-refractivity contribution < 1.29 is 0 Å². The molecule has 0 saturated heterocycles. The van der Waals surface area contributed by atoms with Crippen LogP contribution in [0.5, 0.6) is 0 Å². The summed E-state index contributed by atoms with van der Waals surface area (Å²) in [5, 5.41) is 0.796. The van der Waals surface area contributed by atoms with Gasteiger partial charge in [0.15, 0.2) is 0 Å². The second-order valence-electron chi connectivity index (χ2n) is 5.00. The second-order valence-corrected chi connectivity index (χ2v) is 5.44. The smallest absolute Gasteiger partial charge is 0.0410 e. The van der Waals surface area contributed by atoms with Crippen molar-refractivity contribution in [3.05, 3.63) is 28.8 Å². The van der Waals surface area contributed by atoms with Crippen LogP contribution in [0.15, 0.2) is 18.2 Å². The lowest BCUT2D eigenvalue weighted by atomic mass is 10.1. The minimum Gasteiger partial charge on any atom is -0.371 e. The number of halogens is 1. The topological polar surface area (TPSA) is 29.3 Å². The molecule has 0 aliphatic heterocycles. The number of nitrogens with zero attached hydrogens (tertiary/aromatic N) is 1. The van der Waals surface area contributed by atoms with E-state index in [2.05, 4.69) is 24.9 Å². The highest BCUT2D eigenvalue weighted by Gasteiger charge is 2.31. The number of nitrogens with two attached hydrogens (primary N) is 1. The van der Waals surface area contributed by atoms with Crippen molar-refractivity contribution in [2.45, 2.75) is 32.2 Å². The first kappa shape index (κ1) is 12.7. The predicted octanol–water partition coefficient (Wildman–Crippen LogP) is 3.08. The van der Waals surface area contributed by atoms with Gasteiger partial charge in [-0.15, -0.1) is 0 Å². The van der Waals surface area contributed by atoms with Gasteiger partial charge in [-0.2, -0.15) is 0 Å². The molecule has 0 amide bonds. The van der Waals surface area contributed by atoms with Crippen LogP contribution in [0.25, 0.3) is 0 Å². The molecule has 2 N–H and O–H groups in total. The van der Waals surface area contributed by atoms with Crippen molar-refractivity contribution >= 4 is 17.3 Å². The van der Waals surface area contributed by atoms with Crippen molar-refractivity contribution in [1.29, 1.82) is 0 Å². The molecule has 2 rings (SSSR count). The Morgan fingerprint density at radius 3 is 2.76 bits per heavy atom. The molecule has 0 aromatic heterocycles. The highest BCUT2D eigenvalue weighted by atomic mass is 35.5. The summed E-state index contributed by atoms with van der Waals surface area (Å²) in [5.74, 6) is 0.862. The average molecular weight is 253 g/mol. The normalized spacial score (nSPS) is 16.9. The van der Waals surface area contributed by atoms with Gasteiger partial charge in [-0.3, -0.25) is 0 Å². The van der Waals surface area contributed by atoms with Crippen LogP contribution in [0.1, 0.15) is 25.3 Å². The van der Waals surface area contributed by atoms with E-state index < -0.39 is 0 Å². The molecule has 1 unspecified atom stereocenters. The Bertz CT molecular complexity index is 388. The van der Waals surface area contributed by atoms with E-state index in [1.807, 2.05) is 12.1 Å². The van der Waals surface area contributed by atoms with Gasteiger partial charge in [0.05, 0.1) is 0 Å². The number of rotatable bonds is 5. The summed E-state index contributed by atoms with van der Waals surface area (Å²) in [6.45, 7) is 2.97. The Morgan fingerprint density at radius 1 is 1.47 bits per heavy atom. The van der Waals surface area contributed by atoms with Crippen molar-refractivity contribution in [3.8, 4) is 0 Å². The van der Waals surface area contributed by atoms with Gasteiger partial charge in [-0.1, -0.05) is 11.6 Å². The lowest BCUT2D eigenvalue weighted by Crippen LogP contribution is -2.31. The number of hydrogen-bond acceptors (Lipinski definition) is 2. The quantitative estimate of drug-likeness (QED) is 0.873. The van der Waals surface area contributed by atoms with Crippen LogP contribution in [0.2, 0.25) is 5.02 Å². The van der Waals surface area contributed by atoms with Crippen molar-refractivity contribution in [3.63, 3.8) is 0 Å². The van der Waals surface area contributed by atoms with Crippen LogP contribution in [0, 0.1) is 5.92 Å². The molecule has 1 aliphatic carbocycles. The van der Waals surface area contributed by atoms with Crippen LogP contribution in [-0.2, 0) is 6.42 Å². The minimum absolute atomic E-state index is 0.604. The summed E-state index contributed by atoms with van der Waals surface area (Å²) in [4.78, 5) is 2.37. The van der Waals surface area contributed by atoms with Crippen LogP contribution < -0.4 is 10.6 Å². The summed E-state index contributed by atoms with van der Waals surface area (Å²) in [6, 6.07) is 6.73. The molecule has 0 heterocycles. The SMILES string of the molecule is CC(C1CC1)N(C)c1ccc(Cl)cc1CCN.